The normalized spacial score (nSPS) is 24.6. The summed E-state index contributed by atoms with van der Waals surface area (Å²) in [4.78, 5) is 69.5. The number of carbonyl (C=O) groups excluding carboxylic acids is 5. The van der Waals surface area contributed by atoms with E-state index in [0.717, 1.165) is 50.5 Å². The number of ether oxygens (including phenoxy) is 1. The maximum atomic E-state index is 14.4. The Hall–Kier alpha value is -3.48. The van der Waals surface area contributed by atoms with E-state index in [1.807, 2.05) is 6.92 Å². The average molecular weight is 701 g/mol. The Kier molecular flexibility index (Phi) is 10.5. The lowest BCUT2D eigenvalue weighted by molar-refractivity contribution is -0.145. The van der Waals surface area contributed by atoms with Gasteiger partial charge in [-0.3, -0.25) is 19.2 Å². The number of carbonyl (C=O) groups is 5. The molecule has 0 aromatic heterocycles. The quantitative estimate of drug-likeness (QED) is 0.278. The lowest BCUT2D eigenvalue weighted by atomic mass is 9.83. The van der Waals surface area contributed by atoms with Gasteiger partial charge in [0.25, 0.3) is 5.91 Å². The minimum absolute atomic E-state index is 0.0222. The van der Waals surface area contributed by atoms with E-state index in [2.05, 4.69) is 29.8 Å². The molecule has 4 aliphatic rings. The number of Topliss-reactive ketones (excluding diaryl/α,β-unsaturated/α-hetero) is 1. The number of amides is 4. The highest BCUT2D eigenvalue weighted by molar-refractivity contribution is 7.91. The molecule has 5 atom stereocenters. The van der Waals surface area contributed by atoms with Crippen LogP contribution in [0.4, 0.5) is 4.79 Å². The molecule has 3 aliphatic carbocycles. The van der Waals surface area contributed by atoms with Crippen molar-refractivity contribution >= 4 is 39.4 Å². The molecule has 1 aliphatic heterocycles. The van der Waals surface area contributed by atoms with E-state index in [-0.39, 0.29) is 46.3 Å². The summed E-state index contributed by atoms with van der Waals surface area (Å²) in [6.45, 7) is 11.5. The SMILES string of the molecule is Cc1ccc(S(=O)(=O)CNC(=O)C(=O)C(CC2CC2)NC(=O)[C@@H]2[C@@H]3[C@H](CN2C(=O)[C@@H](NC(=O)OC(C)(C)C)C2CCCCC2)C3(C)C)cc1. The fourth-order valence-electron chi connectivity index (χ4n) is 7.69. The van der Waals surface area contributed by atoms with Crippen LogP contribution in [0.25, 0.3) is 0 Å². The zero-order chi connectivity index (χ0) is 35.9. The molecule has 1 unspecified atom stereocenters. The number of rotatable bonds is 12. The van der Waals surface area contributed by atoms with E-state index in [0.29, 0.717) is 6.54 Å². The first-order valence-electron chi connectivity index (χ1n) is 17.6. The maximum Gasteiger partial charge on any atom is 0.408 e. The summed E-state index contributed by atoms with van der Waals surface area (Å²) in [5.41, 5.74) is -0.0918. The van der Waals surface area contributed by atoms with Gasteiger partial charge < -0.3 is 25.6 Å². The standard InChI is InChI=1S/C36H52N4O8S/c1-21-12-16-24(17-13-21)49(46,47)20-37-32(43)30(41)26(18-22-14-15-22)38-31(42)29-27-25(36(27,5)6)19-40(29)33(44)28(23-10-8-7-9-11-23)39-34(45)48-35(2,3)4/h12-13,16-17,22-23,25-29H,7-11,14-15,18-20H2,1-6H3,(H,37,43)(H,38,42)(H,39,45)/t25-,26?,27-,28-,29-/m0/s1. The minimum Gasteiger partial charge on any atom is -0.444 e. The van der Waals surface area contributed by atoms with Crippen LogP contribution in [0.5, 0.6) is 0 Å². The van der Waals surface area contributed by atoms with Gasteiger partial charge in [-0.15, -0.1) is 0 Å². The number of fused-ring (bicyclic) bond motifs is 1. The van der Waals surface area contributed by atoms with Gasteiger partial charge in [0.1, 0.15) is 23.6 Å². The molecule has 4 fully saturated rings. The average Bonchev–Trinajstić information content (AvgIpc) is 3.89. The largest absolute Gasteiger partial charge is 0.444 e. The molecular formula is C36H52N4O8S. The van der Waals surface area contributed by atoms with E-state index >= 15 is 0 Å². The summed E-state index contributed by atoms with van der Waals surface area (Å²) in [7, 11) is -3.90. The first-order chi connectivity index (χ1) is 22.9. The number of hydrogen-bond donors (Lipinski definition) is 3. The second-order valence-electron chi connectivity index (χ2n) is 16.1. The molecule has 3 saturated carbocycles. The van der Waals surface area contributed by atoms with Crippen LogP contribution in [0, 0.1) is 36.0 Å². The van der Waals surface area contributed by atoms with Crippen LogP contribution < -0.4 is 16.0 Å². The molecule has 1 heterocycles. The van der Waals surface area contributed by atoms with Crippen LogP contribution in [0.3, 0.4) is 0 Å². The monoisotopic (exact) mass is 700 g/mol. The summed E-state index contributed by atoms with van der Waals surface area (Å²) < 4.78 is 31.1. The molecule has 13 heteroatoms. The molecule has 270 valence electrons. The molecule has 5 rings (SSSR count). The summed E-state index contributed by atoms with van der Waals surface area (Å²) in [6.07, 6.45) is 5.72. The molecule has 49 heavy (non-hydrogen) atoms. The highest BCUT2D eigenvalue weighted by Crippen LogP contribution is 2.65. The molecule has 1 aromatic rings. The van der Waals surface area contributed by atoms with Crippen molar-refractivity contribution in [3.05, 3.63) is 29.8 Å². The molecule has 0 spiro atoms. The first kappa shape index (κ1) is 36.8. The predicted octanol–water partition coefficient (Wildman–Crippen LogP) is 3.65. The lowest BCUT2D eigenvalue weighted by Gasteiger charge is -2.37. The molecule has 1 saturated heterocycles. The van der Waals surface area contributed by atoms with Gasteiger partial charge in [0.15, 0.2) is 9.84 Å². The molecule has 4 amide bonds. The lowest BCUT2D eigenvalue weighted by Crippen LogP contribution is -2.60. The van der Waals surface area contributed by atoms with Crippen molar-refractivity contribution in [2.24, 2.45) is 29.1 Å². The second kappa shape index (κ2) is 14.0. The fourth-order valence-corrected chi connectivity index (χ4v) is 8.72. The molecule has 0 radical (unpaired) electrons. The van der Waals surface area contributed by atoms with Crippen molar-refractivity contribution in [2.75, 3.05) is 12.4 Å². The zero-order valence-corrected chi connectivity index (χ0v) is 30.4. The van der Waals surface area contributed by atoms with Gasteiger partial charge in [-0.25, -0.2) is 13.2 Å². The summed E-state index contributed by atoms with van der Waals surface area (Å²) in [5, 5.41) is 7.90. The van der Waals surface area contributed by atoms with E-state index in [4.69, 9.17) is 4.74 Å². The maximum absolute atomic E-state index is 14.4. The van der Waals surface area contributed by atoms with Crippen molar-refractivity contribution in [1.29, 1.82) is 0 Å². The van der Waals surface area contributed by atoms with Crippen LogP contribution in [0.1, 0.15) is 91.5 Å². The molecule has 0 bridgehead atoms. The number of alkyl carbamates (subject to hydrolysis) is 1. The van der Waals surface area contributed by atoms with Gasteiger partial charge >= 0.3 is 6.09 Å². The van der Waals surface area contributed by atoms with Crippen LogP contribution in [-0.4, -0.2) is 79.1 Å². The smallest absolute Gasteiger partial charge is 0.408 e. The summed E-state index contributed by atoms with van der Waals surface area (Å²) in [6, 6.07) is 3.25. The van der Waals surface area contributed by atoms with Gasteiger partial charge in [0, 0.05) is 6.54 Å². The number of sulfone groups is 1. The van der Waals surface area contributed by atoms with Gasteiger partial charge in [-0.2, -0.15) is 0 Å². The van der Waals surface area contributed by atoms with Gasteiger partial charge in [0.2, 0.25) is 17.6 Å². The van der Waals surface area contributed by atoms with Crippen molar-refractivity contribution in [1.82, 2.24) is 20.9 Å². The molecule has 3 N–H and O–H groups in total. The topological polar surface area (TPSA) is 168 Å². The van der Waals surface area contributed by atoms with Gasteiger partial charge in [-0.05, 0) is 88.2 Å². The van der Waals surface area contributed by atoms with Crippen LogP contribution in [-0.2, 0) is 33.8 Å². The Morgan fingerprint density at radius 3 is 2.18 bits per heavy atom. The zero-order valence-electron chi connectivity index (χ0n) is 29.5. The van der Waals surface area contributed by atoms with E-state index in [9.17, 15) is 32.4 Å². The number of nitrogens with one attached hydrogen (secondary N) is 3. The number of nitrogens with zero attached hydrogens (tertiary/aromatic N) is 1. The number of hydrogen-bond acceptors (Lipinski definition) is 8. The predicted molar refractivity (Wildman–Crippen MR) is 182 cm³/mol. The summed E-state index contributed by atoms with van der Waals surface area (Å²) >= 11 is 0. The number of piperidine rings is 1. The third kappa shape index (κ3) is 8.64. The third-order valence-electron chi connectivity index (χ3n) is 10.7. The highest BCUT2D eigenvalue weighted by Gasteiger charge is 2.69. The van der Waals surface area contributed by atoms with Crippen molar-refractivity contribution in [3.63, 3.8) is 0 Å². The highest BCUT2D eigenvalue weighted by atomic mass is 32.2. The Bertz CT molecular complexity index is 1560. The van der Waals surface area contributed by atoms with Crippen molar-refractivity contribution in [3.8, 4) is 0 Å². The number of ketones is 1. The Balaban J connectivity index is 1.31. The number of benzene rings is 1. The Morgan fingerprint density at radius 1 is 0.959 bits per heavy atom. The van der Waals surface area contributed by atoms with Crippen LogP contribution >= 0.6 is 0 Å². The molecular weight excluding hydrogens is 648 g/mol. The van der Waals surface area contributed by atoms with Gasteiger partial charge in [-0.1, -0.05) is 63.6 Å². The van der Waals surface area contributed by atoms with Crippen LogP contribution in [0.15, 0.2) is 29.2 Å². The Labute approximate surface area is 289 Å². The number of aryl methyl sites for hydroxylation is 1. The number of likely N-dealkylation sites (tertiary alicyclic amines) is 1. The molecule has 1 aromatic carbocycles. The minimum atomic E-state index is -3.90. The van der Waals surface area contributed by atoms with E-state index in [1.54, 1.807) is 37.8 Å². The van der Waals surface area contributed by atoms with Crippen molar-refractivity contribution < 1.29 is 37.1 Å². The van der Waals surface area contributed by atoms with Crippen molar-refractivity contribution in [2.45, 2.75) is 122 Å². The van der Waals surface area contributed by atoms with Gasteiger partial charge in [0.05, 0.1) is 10.9 Å². The van der Waals surface area contributed by atoms with E-state index < -0.39 is 63.1 Å². The fraction of sp³-hybridized carbons (Fsp3) is 0.694. The summed E-state index contributed by atoms with van der Waals surface area (Å²) in [5.74, 6) is -3.69. The van der Waals surface area contributed by atoms with E-state index in [1.165, 1.54) is 12.1 Å². The Morgan fingerprint density at radius 2 is 1.59 bits per heavy atom. The molecule has 12 nitrogen and oxygen atoms in total. The first-order valence-corrected chi connectivity index (χ1v) is 19.3. The second-order valence-corrected chi connectivity index (χ2v) is 18.1. The third-order valence-corrected chi connectivity index (χ3v) is 12.3. The van der Waals surface area contributed by atoms with Crippen LogP contribution in [0.2, 0.25) is 0 Å².